The van der Waals surface area contributed by atoms with Crippen molar-refractivity contribution >= 4 is 11.3 Å². The normalized spacial score (nSPS) is 10.9. The van der Waals surface area contributed by atoms with Crippen molar-refractivity contribution in [1.29, 1.82) is 0 Å². The molecule has 2 aromatic heterocycles. The van der Waals surface area contributed by atoms with Gasteiger partial charge in [-0.15, -0.1) is 0 Å². The zero-order valence-electron chi connectivity index (χ0n) is 14.7. The lowest BCUT2D eigenvalue weighted by atomic mass is 10.1. The van der Waals surface area contributed by atoms with Gasteiger partial charge in [0.1, 0.15) is 18.2 Å². The highest BCUT2D eigenvalue weighted by molar-refractivity contribution is 5.71. The summed E-state index contributed by atoms with van der Waals surface area (Å²) in [6.45, 7) is 0.331. The highest BCUT2D eigenvalue weighted by Crippen LogP contribution is 2.29. The number of hydrogen-bond donors (Lipinski definition) is 1. The minimum Gasteiger partial charge on any atom is -0.495 e. The van der Waals surface area contributed by atoms with Crippen molar-refractivity contribution in [2.75, 3.05) is 12.8 Å². The first-order chi connectivity index (χ1) is 13.1. The standard InChI is InChI=1S/C21H18FN3O2/c1-26-19-9-6-15(11-17(19)23)18-12-25-10-2-3-20(21(25)24-18)27-13-14-4-7-16(22)8-5-14/h2-12H,13,23H2,1H3. The fourth-order valence-electron chi connectivity index (χ4n) is 2.87. The van der Waals surface area contributed by atoms with Crippen LogP contribution in [0.5, 0.6) is 11.5 Å². The Bertz CT molecular complexity index is 1090. The summed E-state index contributed by atoms with van der Waals surface area (Å²) in [5.74, 6) is 1.01. The lowest BCUT2D eigenvalue weighted by Gasteiger charge is -2.07. The number of benzene rings is 2. The molecule has 0 saturated heterocycles. The third kappa shape index (κ3) is 3.42. The molecule has 5 nitrogen and oxygen atoms in total. The van der Waals surface area contributed by atoms with Gasteiger partial charge < -0.3 is 19.6 Å². The Hall–Kier alpha value is -3.54. The van der Waals surface area contributed by atoms with Crippen molar-refractivity contribution < 1.29 is 13.9 Å². The number of halogens is 1. The number of nitrogens with two attached hydrogens (primary N) is 1. The summed E-state index contributed by atoms with van der Waals surface area (Å²) in [5, 5.41) is 0. The zero-order chi connectivity index (χ0) is 18.8. The Morgan fingerprint density at radius 2 is 1.89 bits per heavy atom. The predicted octanol–water partition coefficient (Wildman–Crippen LogP) is 4.31. The largest absolute Gasteiger partial charge is 0.495 e. The number of imidazole rings is 1. The Kier molecular flexibility index (Phi) is 4.38. The van der Waals surface area contributed by atoms with Crippen LogP contribution < -0.4 is 15.2 Å². The second kappa shape index (κ2) is 6.99. The number of hydrogen-bond acceptors (Lipinski definition) is 4. The summed E-state index contributed by atoms with van der Waals surface area (Å²) >= 11 is 0. The molecule has 6 heteroatoms. The van der Waals surface area contributed by atoms with E-state index >= 15 is 0 Å². The molecule has 2 aromatic carbocycles. The van der Waals surface area contributed by atoms with E-state index in [1.807, 2.05) is 47.1 Å². The van der Waals surface area contributed by atoms with Crippen molar-refractivity contribution in [3.05, 3.63) is 78.4 Å². The van der Waals surface area contributed by atoms with Crippen LogP contribution in [-0.4, -0.2) is 16.5 Å². The number of nitrogens with zero attached hydrogens (tertiary/aromatic N) is 2. The number of ether oxygens (including phenoxy) is 2. The van der Waals surface area contributed by atoms with E-state index in [-0.39, 0.29) is 5.82 Å². The first-order valence-electron chi connectivity index (χ1n) is 8.43. The van der Waals surface area contributed by atoms with Gasteiger partial charge in [-0.3, -0.25) is 0 Å². The average Bonchev–Trinajstić information content (AvgIpc) is 3.12. The van der Waals surface area contributed by atoms with Crippen LogP contribution in [0.2, 0.25) is 0 Å². The highest BCUT2D eigenvalue weighted by atomic mass is 19.1. The Labute approximate surface area is 155 Å². The first-order valence-corrected chi connectivity index (χ1v) is 8.43. The quantitative estimate of drug-likeness (QED) is 0.537. The summed E-state index contributed by atoms with van der Waals surface area (Å²) in [6.07, 6.45) is 3.82. The molecule has 0 aliphatic rings. The number of methoxy groups -OCH3 is 1. The van der Waals surface area contributed by atoms with Crippen LogP contribution in [-0.2, 0) is 6.61 Å². The molecule has 0 fully saturated rings. The third-order valence-corrected chi connectivity index (χ3v) is 4.28. The van der Waals surface area contributed by atoms with Gasteiger partial charge in [0.2, 0.25) is 0 Å². The topological polar surface area (TPSA) is 61.8 Å². The molecule has 0 radical (unpaired) electrons. The predicted molar refractivity (Wildman–Crippen MR) is 102 cm³/mol. The van der Waals surface area contributed by atoms with Gasteiger partial charge in [0.25, 0.3) is 0 Å². The van der Waals surface area contributed by atoms with E-state index in [9.17, 15) is 4.39 Å². The van der Waals surface area contributed by atoms with Crippen LogP contribution in [0.1, 0.15) is 5.56 Å². The highest BCUT2D eigenvalue weighted by Gasteiger charge is 2.11. The molecule has 2 heterocycles. The molecule has 0 atom stereocenters. The van der Waals surface area contributed by atoms with E-state index in [0.717, 1.165) is 16.8 Å². The molecule has 0 spiro atoms. The maximum absolute atomic E-state index is 13.0. The van der Waals surface area contributed by atoms with Crippen LogP contribution in [0.15, 0.2) is 67.0 Å². The van der Waals surface area contributed by atoms with Crippen molar-refractivity contribution in [2.24, 2.45) is 0 Å². The number of anilines is 1. The minimum absolute atomic E-state index is 0.266. The third-order valence-electron chi connectivity index (χ3n) is 4.28. The van der Waals surface area contributed by atoms with Crippen molar-refractivity contribution in [3.8, 4) is 22.8 Å². The van der Waals surface area contributed by atoms with Gasteiger partial charge in [-0.2, -0.15) is 0 Å². The van der Waals surface area contributed by atoms with Gasteiger partial charge in [-0.1, -0.05) is 12.1 Å². The summed E-state index contributed by atoms with van der Waals surface area (Å²) < 4.78 is 26.0. The Balaban J connectivity index is 1.63. The second-order valence-corrected chi connectivity index (χ2v) is 6.10. The number of rotatable bonds is 5. The van der Waals surface area contributed by atoms with Crippen LogP contribution in [0.25, 0.3) is 16.9 Å². The fraction of sp³-hybridized carbons (Fsp3) is 0.0952. The van der Waals surface area contributed by atoms with Gasteiger partial charge in [-0.25, -0.2) is 9.37 Å². The summed E-state index contributed by atoms with van der Waals surface area (Å²) in [5.41, 5.74) is 9.81. The molecule has 0 aliphatic heterocycles. The van der Waals surface area contributed by atoms with Crippen molar-refractivity contribution in [2.45, 2.75) is 6.61 Å². The zero-order valence-corrected chi connectivity index (χ0v) is 14.7. The summed E-state index contributed by atoms with van der Waals surface area (Å²) in [6, 6.07) is 15.6. The monoisotopic (exact) mass is 363 g/mol. The number of fused-ring (bicyclic) bond motifs is 1. The molecule has 0 amide bonds. The first kappa shape index (κ1) is 16.9. The minimum atomic E-state index is -0.266. The molecule has 27 heavy (non-hydrogen) atoms. The van der Waals surface area contributed by atoms with Crippen LogP contribution >= 0.6 is 0 Å². The van der Waals surface area contributed by atoms with E-state index in [1.54, 1.807) is 19.2 Å². The van der Waals surface area contributed by atoms with Gasteiger partial charge >= 0.3 is 0 Å². The Morgan fingerprint density at radius 3 is 2.63 bits per heavy atom. The van der Waals surface area contributed by atoms with Gasteiger partial charge in [0.05, 0.1) is 18.5 Å². The SMILES string of the molecule is COc1ccc(-c2cn3cccc(OCc4ccc(F)cc4)c3n2)cc1N. The molecule has 0 unspecified atom stereocenters. The maximum atomic E-state index is 13.0. The fourth-order valence-corrected chi connectivity index (χ4v) is 2.87. The summed E-state index contributed by atoms with van der Waals surface area (Å²) in [4.78, 5) is 4.69. The Morgan fingerprint density at radius 1 is 1.07 bits per heavy atom. The second-order valence-electron chi connectivity index (χ2n) is 6.10. The van der Waals surface area contributed by atoms with Crippen LogP contribution in [0, 0.1) is 5.82 Å². The molecule has 0 aliphatic carbocycles. The van der Waals surface area contributed by atoms with Crippen LogP contribution in [0.3, 0.4) is 0 Å². The lowest BCUT2D eigenvalue weighted by Crippen LogP contribution is -1.97. The molecule has 0 bridgehead atoms. The van der Waals surface area contributed by atoms with Gasteiger partial charge in [0.15, 0.2) is 11.4 Å². The van der Waals surface area contributed by atoms with Crippen molar-refractivity contribution in [3.63, 3.8) is 0 Å². The molecule has 2 N–H and O–H groups in total. The summed E-state index contributed by atoms with van der Waals surface area (Å²) in [7, 11) is 1.58. The number of aromatic nitrogens is 2. The van der Waals surface area contributed by atoms with E-state index < -0.39 is 0 Å². The molecule has 4 rings (SSSR count). The lowest BCUT2D eigenvalue weighted by molar-refractivity contribution is 0.308. The van der Waals surface area contributed by atoms with E-state index in [1.165, 1.54) is 12.1 Å². The molecular weight excluding hydrogens is 345 g/mol. The molecule has 136 valence electrons. The molecule has 0 saturated carbocycles. The average molecular weight is 363 g/mol. The number of nitrogen functional groups attached to an aromatic ring is 1. The van der Waals surface area contributed by atoms with Gasteiger partial charge in [0, 0.05) is 18.0 Å². The molecule has 4 aromatic rings. The van der Waals surface area contributed by atoms with Gasteiger partial charge in [-0.05, 0) is 48.0 Å². The van der Waals surface area contributed by atoms with E-state index in [2.05, 4.69) is 4.98 Å². The smallest absolute Gasteiger partial charge is 0.180 e. The van der Waals surface area contributed by atoms with E-state index in [4.69, 9.17) is 15.2 Å². The maximum Gasteiger partial charge on any atom is 0.180 e. The van der Waals surface area contributed by atoms with Crippen molar-refractivity contribution in [1.82, 2.24) is 9.38 Å². The van der Waals surface area contributed by atoms with Crippen LogP contribution in [0.4, 0.5) is 10.1 Å². The van der Waals surface area contributed by atoms with E-state index in [0.29, 0.717) is 29.4 Å². The number of pyridine rings is 1. The molecular formula is C21H18FN3O2.